The van der Waals surface area contributed by atoms with Crippen LogP contribution in [0.4, 0.5) is 0 Å². The Morgan fingerprint density at radius 2 is 2.16 bits per heavy atom. The maximum Gasteiger partial charge on any atom is 0.156 e. The summed E-state index contributed by atoms with van der Waals surface area (Å²) in [7, 11) is 4.12. The lowest BCUT2D eigenvalue weighted by atomic mass is 9.86. The smallest absolute Gasteiger partial charge is 0.156 e. The fourth-order valence-corrected chi connectivity index (χ4v) is 3.82. The highest BCUT2D eigenvalue weighted by atomic mass is 32.2. The number of aliphatic imine (C=N–C) groups is 1. The van der Waals surface area contributed by atoms with Crippen LogP contribution in [-0.4, -0.2) is 62.3 Å². The van der Waals surface area contributed by atoms with Crippen molar-refractivity contribution in [2.45, 2.75) is 31.7 Å². The van der Waals surface area contributed by atoms with E-state index in [0.29, 0.717) is 6.04 Å². The van der Waals surface area contributed by atoms with Gasteiger partial charge < -0.3 is 15.0 Å². The van der Waals surface area contributed by atoms with E-state index in [9.17, 15) is 0 Å². The first kappa shape index (κ1) is 15.1. The lowest BCUT2D eigenvalue weighted by Crippen LogP contribution is -2.46. The van der Waals surface area contributed by atoms with Gasteiger partial charge in [-0.25, -0.2) is 0 Å². The zero-order valence-electron chi connectivity index (χ0n) is 12.2. The van der Waals surface area contributed by atoms with Crippen LogP contribution in [0.15, 0.2) is 4.99 Å². The number of ether oxygens (including phenoxy) is 1. The first-order chi connectivity index (χ1) is 9.25. The predicted molar refractivity (Wildman–Crippen MR) is 83.0 cm³/mol. The molecule has 0 spiro atoms. The molecular weight excluding hydrogens is 258 g/mol. The molecule has 1 saturated carbocycles. The number of hydrogen-bond donors (Lipinski definition) is 1. The van der Waals surface area contributed by atoms with Crippen LogP contribution >= 0.6 is 11.8 Å². The number of hydrogen-bond acceptors (Lipinski definition) is 4. The normalized spacial score (nSPS) is 29.3. The summed E-state index contributed by atoms with van der Waals surface area (Å²) >= 11 is 1.89. The predicted octanol–water partition coefficient (Wildman–Crippen LogP) is 1.82. The summed E-state index contributed by atoms with van der Waals surface area (Å²) in [6.45, 7) is 3.28. The molecule has 0 bridgehead atoms. The molecule has 0 aromatic heterocycles. The summed E-state index contributed by atoms with van der Waals surface area (Å²) in [4.78, 5) is 6.75. The molecule has 2 fully saturated rings. The van der Waals surface area contributed by atoms with E-state index >= 15 is 0 Å². The van der Waals surface area contributed by atoms with Crippen molar-refractivity contribution in [3.63, 3.8) is 0 Å². The Kier molecular flexibility index (Phi) is 6.47. The van der Waals surface area contributed by atoms with Gasteiger partial charge in [0, 0.05) is 18.3 Å². The van der Waals surface area contributed by atoms with E-state index < -0.39 is 0 Å². The Bertz CT molecular complexity index is 296. The van der Waals surface area contributed by atoms with Crippen molar-refractivity contribution in [3.05, 3.63) is 0 Å². The molecule has 110 valence electrons. The number of rotatable bonds is 6. The molecule has 5 heteroatoms. The lowest BCUT2D eigenvalue weighted by Gasteiger charge is -2.36. The Morgan fingerprint density at radius 1 is 1.32 bits per heavy atom. The van der Waals surface area contributed by atoms with E-state index in [1.54, 1.807) is 0 Å². The maximum atomic E-state index is 5.56. The highest BCUT2D eigenvalue weighted by Crippen LogP contribution is 2.31. The van der Waals surface area contributed by atoms with Crippen LogP contribution in [0.5, 0.6) is 0 Å². The van der Waals surface area contributed by atoms with Gasteiger partial charge in [0.15, 0.2) is 5.17 Å². The van der Waals surface area contributed by atoms with Crippen molar-refractivity contribution in [3.8, 4) is 0 Å². The number of nitrogens with zero attached hydrogens (tertiary/aromatic N) is 2. The number of thioether (sulfide) groups is 1. The van der Waals surface area contributed by atoms with Gasteiger partial charge >= 0.3 is 0 Å². The third-order valence-corrected chi connectivity index (χ3v) is 4.94. The molecule has 1 aliphatic heterocycles. The molecule has 19 heavy (non-hydrogen) atoms. The fourth-order valence-electron chi connectivity index (χ4n) is 2.64. The third-order valence-electron chi connectivity index (χ3n) is 3.83. The van der Waals surface area contributed by atoms with Crippen LogP contribution in [0, 0.1) is 5.92 Å². The second-order valence-corrected chi connectivity index (χ2v) is 6.72. The average Bonchev–Trinajstić information content (AvgIpc) is 2.42. The number of amidine groups is 1. The summed E-state index contributed by atoms with van der Waals surface area (Å²) in [5, 5.41) is 4.75. The molecule has 0 amide bonds. The maximum absolute atomic E-state index is 5.56. The Labute approximate surface area is 121 Å². The second kappa shape index (κ2) is 8.12. The Morgan fingerprint density at radius 3 is 3.00 bits per heavy atom. The molecule has 4 nitrogen and oxygen atoms in total. The van der Waals surface area contributed by atoms with Crippen molar-refractivity contribution in [2.24, 2.45) is 10.9 Å². The summed E-state index contributed by atoms with van der Waals surface area (Å²) in [6, 6.07) is 0.684. The first-order valence-corrected chi connectivity index (χ1v) is 8.40. The molecule has 1 heterocycles. The summed E-state index contributed by atoms with van der Waals surface area (Å²) < 4.78 is 5.56. The standard InChI is InChI=1S/C14H27N3OS/c1-17(2)8-10-18-9-7-15-14-16-13-6-4-3-5-12(13)11-19-14/h12-13H,3-11H2,1-2H3,(H,15,16). The van der Waals surface area contributed by atoms with Crippen molar-refractivity contribution < 1.29 is 4.74 Å². The minimum atomic E-state index is 0.684. The quantitative estimate of drug-likeness (QED) is 0.755. The molecule has 0 aromatic rings. The Hall–Kier alpha value is -0.260. The van der Waals surface area contributed by atoms with Gasteiger partial charge in [-0.3, -0.25) is 4.99 Å². The minimum absolute atomic E-state index is 0.684. The molecule has 1 saturated heterocycles. The van der Waals surface area contributed by atoms with E-state index in [4.69, 9.17) is 4.74 Å². The average molecular weight is 285 g/mol. The van der Waals surface area contributed by atoms with Crippen molar-refractivity contribution in [2.75, 3.05) is 46.2 Å². The van der Waals surface area contributed by atoms with Gasteiger partial charge in [0.05, 0.1) is 19.8 Å². The fraction of sp³-hybridized carbons (Fsp3) is 0.929. The second-order valence-electron chi connectivity index (χ2n) is 5.71. The molecule has 2 atom stereocenters. The van der Waals surface area contributed by atoms with Crippen LogP contribution in [0.1, 0.15) is 25.7 Å². The molecule has 1 aliphatic carbocycles. The van der Waals surface area contributed by atoms with Crippen LogP contribution in [0.2, 0.25) is 0 Å². The summed E-state index contributed by atoms with van der Waals surface area (Å²) in [5.74, 6) is 2.12. The molecule has 2 aliphatic rings. The van der Waals surface area contributed by atoms with E-state index in [2.05, 4.69) is 29.3 Å². The molecule has 0 aromatic carbocycles. The van der Waals surface area contributed by atoms with Crippen LogP contribution in [0.3, 0.4) is 0 Å². The van der Waals surface area contributed by atoms with Gasteiger partial charge in [0.25, 0.3) is 0 Å². The number of nitrogens with one attached hydrogen (secondary N) is 1. The zero-order valence-corrected chi connectivity index (χ0v) is 13.0. The van der Waals surface area contributed by atoms with Crippen molar-refractivity contribution in [1.82, 2.24) is 10.2 Å². The van der Waals surface area contributed by atoms with Crippen LogP contribution in [0.25, 0.3) is 0 Å². The van der Waals surface area contributed by atoms with E-state index in [-0.39, 0.29) is 0 Å². The van der Waals surface area contributed by atoms with Crippen molar-refractivity contribution in [1.29, 1.82) is 0 Å². The van der Waals surface area contributed by atoms with Gasteiger partial charge in [-0.1, -0.05) is 24.6 Å². The number of fused-ring (bicyclic) bond motifs is 1. The molecule has 2 rings (SSSR count). The molecular formula is C14H27N3OS. The largest absolute Gasteiger partial charge is 0.378 e. The monoisotopic (exact) mass is 285 g/mol. The molecule has 0 radical (unpaired) electrons. The van der Waals surface area contributed by atoms with Gasteiger partial charge in [-0.15, -0.1) is 0 Å². The van der Waals surface area contributed by atoms with E-state index in [0.717, 1.165) is 37.4 Å². The third kappa shape index (κ3) is 5.32. The summed E-state index contributed by atoms with van der Waals surface area (Å²) in [6.07, 6.45) is 5.50. The Balaban J connectivity index is 1.61. The molecule has 2 unspecified atom stereocenters. The van der Waals surface area contributed by atoms with Gasteiger partial charge in [0.1, 0.15) is 0 Å². The SMILES string of the molecule is CN(C)CCOCCN=C1NC2CCCCC2CS1. The zero-order chi connectivity index (χ0) is 13.5. The highest BCUT2D eigenvalue weighted by molar-refractivity contribution is 8.13. The summed E-state index contributed by atoms with van der Waals surface area (Å²) in [5.41, 5.74) is 0. The highest BCUT2D eigenvalue weighted by Gasteiger charge is 2.29. The molecule has 1 N–H and O–H groups in total. The number of likely N-dealkylation sites (N-methyl/N-ethyl adjacent to an activating group) is 1. The van der Waals surface area contributed by atoms with E-state index in [1.807, 2.05) is 11.8 Å². The minimum Gasteiger partial charge on any atom is -0.378 e. The van der Waals surface area contributed by atoms with Gasteiger partial charge in [-0.05, 0) is 32.9 Å². The van der Waals surface area contributed by atoms with E-state index in [1.165, 1.54) is 31.4 Å². The topological polar surface area (TPSA) is 36.9 Å². The van der Waals surface area contributed by atoms with Crippen LogP contribution in [-0.2, 0) is 4.74 Å². The first-order valence-electron chi connectivity index (χ1n) is 7.42. The van der Waals surface area contributed by atoms with Gasteiger partial charge in [-0.2, -0.15) is 0 Å². The lowest BCUT2D eigenvalue weighted by molar-refractivity contribution is 0.124. The van der Waals surface area contributed by atoms with Gasteiger partial charge in [0.2, 0.25) is 0 Å². The van der Waals surface area contributed by atoms with Crippen molar-refractivity contribution >= 4 is 16.9 Å². The van der Waals surface area contributed by atoms with Crippen LogP contribution < -0.4 is 5.32 Å².